The summed E-state index contributed by atoms with van der Waals surface area (Å²) >= 11 is 0. The Morgan fingerprint density at radius 2 is 1.11 bits per heavy atom. The van der Waals surface area contributed by atoms with Crippen molar-refractivity contribution < 1.29 is 67.7 Å². The lowest BCUT2D eigenvalue weighted by atomic mass is 10.0. The number of aliphatic carboxylic acids is 1. The molecule has 1 heterocycles. The molecule has 410 valence electrons. The average Bonchev–Trinajstić information content (AvgIpc) is 3.82. The quantitative estimate of drug-likeness (QED) is 0.0187. The molecule has 0 unspecified atom stereocenters. The lowest BCUT2D eigenvalue weighted by molar-refractivity contribution is -0.143. The smallest absolute Gasteiger partial charge is 0.326 e. The van der Waals surface area contributed by atoms with E-state index in [-0.39, 0.29) is 82.1 Å². The number of carbonyl (C=O) groups excluding carboxylic acids is 11. The van der Waals surface area contributed by atoms with Crippen LogP contribution in [0.4, 0.5) is 0 Å². The van der Waals surface area contributed by atoms with Crippen LogP contribution in [0, 0.1) is 5.92 Å². The lowest BCUT2D eigenvalue weighted by Gasteiger charge is -2.31. The number of primary amides is 3. The van der Waals surface area contributed by atoms with Gasteiger partial charge in [0.15, 0.2) is 5.96 Å². The molecule has 0 aliphatic carbocycles. The fourth-order valence-electron chi connectivity index (χ4n) is 7.32. The summed E-state index contributed by atoms with van der Waals surface area (Å²) in [6.45, 7) is 5.91. The first-order valence-electron chi connectivity index (χ1n) is 23.7. The van der Waals surface area contributed by atoms with Gasteiger partial charge in [-0.25, -0.2) is 4.79 Å². The summed E-state index contributed by atoms with van der Waals surface area (Å²) in [5.41, 5.74) is 33.1. The van der Waals surface area contributed by atoms with E-state index in [2.05, 4.69) is 42.2 Å². The molecule has 9 atom stereocenters. The van der Waals surface area contributed by atoms with E-state index in [4.69, 9.17) is 34.4 Å². The number of benzene rings is 1. The number of carboxylic acids is 1. The predicted molar refractivity (Wildman–Crippen MR) is 262 cm³/mol. The number of guanidine groups is 1. The monoisotopic (exact) mass is 1050 g/mol. The number of aromatic hydroxyl groups is 1. The number of phenols is 1. The highest BCUT2D eigenvalue weighted by Gasteiger charge is 2.40. The topological polar surface area (TPSA) is 501 Å². The van der Waals surface area contributed by atoms with Crippen LogP contribution in [0.15, 0.2) is 29.3 Å². The Morgan fingerprint density at radius 1 is 0.622 bits per heavy atom. The second kappa shape index (κ2) is 30.0. The zero-order chi connectivity index (χ0) is 56.0. The van der Waals surface area contributed by atoms with Crippen molar-refractivity contribution in [2.24, 2.45) is 45.3 Å². The molecule has 1 aromatic rings. The second-order valence-electron chi connectivity index (χ2n) is 18.1. The van der Waals surface area contributed by atoms with Gasteiger partial charge in [-0.05, 0) is 76.0 Å². The third kappa shape index (κ3) is 21.3. The number of phenolic OH excluding ortho intramolecular Hbond substituents is 1. The molecule has 0 radical (unpaired) electrons. The number of carbonyl (C=O) groups is 12. The Labute approximate surface area is 426 Å². The van der Waals surface area contributed by atoms with Crippen molar-refractivity contribution >= 4 is 76.9 Å². The molecule has 0 saturated carbocycles. The van der Waals surface area contributed by atoms with E-state index in [1.54, 1.807) is 13.8 Å². The average molecular weight is 1050 g/mol. The maximum atomic E-state index is 14.6. The van der Waals surface area contributed by atoms with Gasteiger partial charge in [0, 0.05) is 32.4 Å². The van der Waals surface area contributed by atoms with Crippen molar-refractivity contribution in [3.05, 3.63) is 29.8 Å². The van der Waals surface area contributed by atoms with Crippen LogP contribution in [0.2, 0.25) is 0 Å². The van der Waals surface area contributed by atoms with E-state index in [9.17, 15) is 67.7 Å². The summed E-state index contributed by atoms with van der Waals surface area (Å²) in [6, 6.07) is -7.18. The molecule has 29 heteroatoms. The Morgan fingerprint density at radius 3 is 1.64 bits per heavy atom. The Kier molecular flexibility index (Phi) is 25.2. The van der Waals surface area contributed by atoms with Crippen LogP contribution in [0.25, 0.3) is 0 Å². The Bertz CT molecular complexity index is 2240. The largest absolute Gasteiger partial charge is 0.508 e. The van der Waals surface area contributed by atoms with Crippen LogP contribution < -0.4 is 71.6 Å². The number of aliphatic imine (C=N–C) groups is 1. The van der Waals surface area contributed by atoms with E-state index in [0.29, 0.717) is 5.56 Å². The standard InChI is InChI=1S/C45H71N15O14/c1-21(2)35(49)42(71)54-23(4)36(65)55-26(7-5-17-52-45(50)51)39(68)58-29(20-34(48)64)40(69)59-30(19-24-9-11-25(61)12-10-24)43(72)60-18-6-8-31(60)41(70)56-27(13-15-32(46)62)38(67)53-22(3)37(66)57-28(44(73)74)14-16-33(47)63/h9-12,21-23,26-31,35,61H,5-8,13-20,49H2,1-4H3,(H2,46,62)(H2,47,63)(H2,48,64)(H,53,67)(H,54,71)(H,55,65)(H,56,70)(H,57,66)(H,58,68)(H,59,69)(H,73,74)(H4,50,51,52)/t22-,23-,26-,27-,28-,29-,30-,31-,35-/m0/s1. The number of nitrogens with one attached hydrogen (secondary N) is 7. The lowest BCUT2D eigenvalue weighted by Crippen LogP contribution is -2.60. The van der Waals surface area contributed by atoms with Crippen molar-refractivity contribution in [1.82, 2.24) is 42.1 Å². The van der Waals surface area contributed by atoms with Crippen LogP contribution in [0.3, 0.4) is 0 Å². The van der Waals surface area contributed by atoms with Crippen LogP contribution in [-0.2, 0) is 64.0 Å². The van der Waals surface area contributed by atoms with Gasteiger partial charge in [-0.1, -0.05) is 26.0 Å². The normalized spacial score (nSPS) is 16.2. The van der Waals surface area contributed by atoms with Crippen molar-refractivity contribution in [3.8, 4) is 5.75 Å². The minimum atomic E-state index is -1.77. The van der Waals surface area contributed by atoms with Crippen molar-refractivity contribution in [1.29, 1.82) is 0 Å². The van der Waals surface area contributed by atoms with Crippen molar-refractivity contribution in [3.63, 3.8) is 0 Å². The Balaban J connectivity index is 2.44. The van der Waals surface area contributed by atoms with E-state index in [1.807, 2.05) is 0 Å². The number of hydrogen-bond acceptors (Lipinski definition) is 15. The van der Waals surface area contributed by atoms with Crippen LogP contribution >= 0.6 is 0 Å². The first kappa shape index (κ1) is 62.0. The number of rotatable bonds is 31. The summed E-state index contributed by atoms with van der Waals surface area (Å²) in [4.78, 5) is 161. The van der Waals surface area contributed by atoms with Gasteiger partial charge in [-0.3, -0.25) is 57.7 Å². The van der Waals surface area contributed by atoms with Crippen molar-refractivity contribution in [2.75, 3.05) is 13.1 Å². The summed E-state index contributed by atoms with van der Waals surface area (Å²) in [6.07, 6.45) is -2.37. The van der Waals surface area contributed by atoms with Crippen LogP contribution in [0.5, 0.6) is 5.75 Å². The van der Waals surface area contributed by atoms with E-state index in [1.165, 1.54) is 38.1 Å². The molecule has 2 rings (SSSR count). The fourth-order valence-corrected chi connectivity index (χ4v) is 7.32. The maximum absolute atomic E-state index is 14.6. The van der Waals surface area contributed by atoms with Crippen molar-refractivity contribution in [2.45, 2.75) is 146 Å². The minimum absolute atomic E-state index is 0.0107. The van der Waals surface area contributed by atoms with Crippen LogP contribution in [-0.4, -0.2) is 159 Å². The number of nitrogens with zero attached hydrogens (tertiary/aromatic N) is 2. The predicted octanol–water partition coefficient (Wildman–Crippen LogP) is -6.11. The molecule has 11 amide bonds. The molecule has 21 N–H and O–H groups in total. The number of carboxylic acid groups (broad SMARTS) is 1. The van der Waals surface area contributed by atoms with Gasteiger partial charge in [-0.2, -0.15) is 0 Å². The van der Waals surface area contributed by atoms with Gasteiger partial charge < -0.3 is 86.7 Å². The minimum Gasteiger partial charge on any atom is -0.508 e. The summed E-state index contributed by atoms with van der Waals surface area (Å²) in [5.74, 6) is -12.1. The van der Waals surface area contributed by atoms with E-state index >= 15 is 0 Å². The summed E-state index contributed by atoms with van der Waals surface area (Å²) in [7, 11) is 0. The van der Waals surface area contributed by atoms with Gasteiger partial charge in [-0.15, -0.1) is 0 Å². The molecule has 0 aromatic heterocycles. The number of hydrogen-bond donors (Lipinski definition) is 15. The van der Waals surface area contributed by atoms with Gasteiger partial charge >= 0.3 is 5.97 Å². The molecule has 74 heavy (non-hydrogen) atoms. The third-order valence-corrected chi connectivity index (χ3v) is 11.6. The molecule has 0 bridgehead atoms. The highest BCUT2D eigenvalue weighted by atomic mass is 16.4. The van der Waals surface area contributed by atoms with Gasteiger partial charge in [0.05, 0.1) is 12.5 Å². The van der Waals surface area contributed by atoms with Crippen LogP contribution in [0.1, 0.15) is 91.0 Å². The third-order valence-electron chi connectivity index (χ3n) is 11.6. The number of nitrogens with two attached hydrogens (primary N) is 6. The Hall–Kier alpha value is -8.11. The molecule has 1 fully saturated rings. The fraction of sp³-hybridized carbons (Fsp3) is 0.578. The molecule has 0 spiro atoms. The highest BCUT2D eigenvalue weighted by Crippen LogP contribution is 2.21. The highest BCUT2D eigenvalue weighted by molar-refractivity contribution is 5.99. The first-order valence-corrected chi connectivity index (χ1v) is 23.7. The zero-order valence-electron chi connectivity index (χ0n) is 41.7. The maximum Gasteiger partial charge on any atom is 0.326 e. The molecule has 1 saturated heterocycles. The SMILES string of the molecule is CC(C)[C@H](N)C(=O)N[C@@H](C)C(=O)N[C@@H](CCCN=C(N)N)C(=O)N[C@@H](CC(N)=O)C(=O)N[C@@H](Cc1ccc(O)cc1)C(=O)N1CCC[C@H]1C(=O)N[C@@H](CCC(N)=O)C(=O)N[C@@H](C)C(=O)N[C@@H](CCC(N)=O)C(=O)O. The van der Waals surface area contributed by atoms with E-state index in [0.717, 1.165) is 4.90 Å². The molecular formula is C45H71N15O14. The zero-order valence-corrected chi connectivity index (χ0v) is 41.7. The number of likely N-dealkylation sites (tertiary alicyclic amines) is 1. The number of amides is 11. The molecule has 1 aromatic carbocycles. The second-order valence-corrected chi connectivity index (χ2v) is 18.1. The first-order chi connectivity index (χ1) is 34.6. The van der Waals surface area contributed by atoms with Gasteiger partial charge in [0.1, 0.15) is 54.1 Å². The summed E-state index contributed by atoms with van der Waals surface area (Å²) < 4.78 is 0. The molecular weight excluding hydrogens is 975 g/mol. The molecule has 29 nitrogen and oxygen atoms in total. The summed E-state index contributed by atoms with van der Waals surface area (Å²) in [5, 5.41) is 36.4. The molecule has 1 aliphatic heterocycles. The van der Waals surface area contributed by atoms with Gasteiger partial charge in [0.25, 0.3) is 0 Å². The van der Waals surface area contributed by atoms with Gasteiger partial charge in [0.2, 0.25) is 65.0 Å². The van der Waals surface area contributed by atoms with E-state index < -0.39 is 138 Å². The molecule has 1 aliphatic rings.